The van der Waals surface area contributed by atoms with Gasteiger partial charge < -0.3 is 40.3 Å². The van der Waals surface area contributed by atoms with Crippen molar-refractivity contribution < 1.29 is 34.6 Å². The minimum Gasteiger partial charge on any atom is -0.545 e. The van der Waals surface area contributed by atoms with Crippen LogP contribution in [0.25, 0.3) is 0 Å². The van der Waals surface area contributed by atoms with Gasteiger partial charge in [-0.3, -0.25) is 10.1 Å². The Labute approximate surface area is 232 Å². The molecule has 0 aliphatic carbocycles. The number of nitro benzene ring substituents is 1. The summed E-state index contributed by atoms with van der Waals surface area (Å²) < 4.78 is 5.61. The number of benzene rings is 2. The number of dihydropyridines is 1. The van der Waals surface area contributed by atoms with Gasteiger partial charge in [0.15, 0.2) is 0 Å². The Morgan fingerprint density at radius 1 is 1.05 bits per heavy atom. The smallest absolute Gasteiger partial charge is 0.269 e. The molecular weight excluding hydrogens is 518 g/mol. The molecule has 40 heavy (non-hydrogen) atoms. The molecule has 0 aromatic heterocycles. The van der Waals surface area contributed by atoms with Gasteiger partial charge in [-0.25, -0.2) is 0 Å². The highest BCUT2D eigenvalue weighted by molar-refractivity contribution is 5.99. The molecule has 0 saturated carbocycles. The van der Waals surface area contributed by atoms with Crippen LogP contribution >= 0.6 is 0 Å². The topological polar surface area (TPSA) is 177 Å². The first-order valence-corrected chi connectivity index (χ1v) is 13.0. The van der Waals surface area contributed by atoms with Gasteiger partial charge in [-0.2, -0.15) is 0 Å². The van der Waals surface area contributed by atoms with Crippen LogP contribution in [-0.4, -0.2) is 47.3 Å². The van der Waals surface area contributed by atoms with Crippen LogP contribution in [0.15, 0.2) is 77.1 Å². The highest BCUT2D eigenvalue weighted by Gasteiger charge is 2.47. The van der Waals surface area contributed by atoms with Crippen molar-refractivity contribution in [3.63, 3.8) is 0 Å². The number of nitrogens with zero attached hydrogens (tertiary/aromatic N) is 1. The van der Waals surface area contributed by atoms with Crippen molar-refractivity contribution in [1.29, 1.82) is 0 Å². The number of aliphatic hydroxyl groups is 1. The Bertz CT molecular complexity index is 1270. The monoisotopic (exact) mass is 551 g/mol. The van der Waals surface area contributed by atoms with E-state index in [1.807, 2.05) is 13.0 Å². The molecule has 2 aromatic rings. The third-order valence-electron chi connectivity index (χ3n) is 6.95. The average molecular weight is 552 g/mol. The number of carbonyl (C=O) groups excluding carboxylic acids is 2. The lowest BCUT2D eigenvalue weighted by Gasteiger charge is -2.46. The maximum atomic E-state index is 12.6. The number of aliphatic carboxylic acids is 2. The van der Waals surface area contributed by atoms with E-state index in [0.29, 0.717) is 18.6 Å². The van der Waals surface area contributed by atoms with Crippen LogP contribution in [0.4, 0.5) is 5.69 Å². The van der Waals surface area contributed by atoms with E-state index in [2.05, 4.69) is 10.6 Å². The zero-order valence-corrected chi connectivity index (χ0v) is 22.6. The molecule has 2 unspecified atom stereocenters. The van der Waals surface area contributed by atoms with Crippen molar-refractivity contribution in [3.05, 3.63) is 92.8 Å². The molecule has 11 heteroatoms. The quantitative estimate of drug-likeness (QED) is 0.227. The summed E-state index contributed by atoms with van der Waals surface area (Å²) in [5.41, 5.74) is -2.48. The summed E-state index contributed by atoms with van der Waals surface area (Å²) in [6.07, 6.45) is 0.0773. The summed E-state index contributed by atoms with van der Waals surface area (Å²) in [5.74, 6) is -2.65. The number of rotatable bonds is 14. The van der Waals surface area contributed by atoms with Gasteiger partial charge in [0.2, 0.25) is 0 Å². The van der Waals surface area contributed by atoms with Crippen molar-refractivity contribution in [1.82, 2.24) is 10.6 Å². The zero-order chi connectivity index (χ0) is 29.4. The molecule has 214 valence electrons. The Morgan fingerprint density at radius 3 is 2.23 bits per heavy atom. The Balaban J connectivity index is 2.05. The summed E-state index contributed by atoms with van der Waals surface area (Å²) in [5, 5.41) is 53.5. The fraction of sp³-hybridized carbons (Fsp3) is 0.379. The Kier molecular flexibility index (Phi) is 10.0. The SMILES string of the molecule is CCCC(CC1(c2cccc([N+](=O)[O-])c2)C(C(=O)[O-])=C(C)NC(C)=C1C(=O)[O-])NCC(O)COc1ccccc1. The lowest BCUT2D eigenvalue weighted by atomic mass is 9.62. The fourth-order valence-electron chi connectivity index (χ4n) is 5.39. The Hall–Kier alpha value is -4.22. The summed E-state index contributed by atoms with van der Waals surface area (Å²) in [6, 6.07) is 13.7. The molecule has 3 N–H and O–H groups in total. The number of hydrogen-bond donors (Lipinski definition) is 3. The van der Waals surface area contributed by atoms with Gasteiger partial charge in [0.05, 0.1) is 22.3 Å². The number of hydrogen-bond acceptors (Lipinski definition) is 10. The average Bonchev–Trinajstić information content (AvgIpc) is 2.90. The minimum atomic E-state index is -1.86. The van der Waals surface area contributed by atoms with E-state index in [4.69, 9.17) is 4.74 Å². The molecule has 2 aromatic carbocycles. The molecule has 1 aliphatic heterocycles. The second-order valence-electron chi connectivity index (χ2n) is 9.79. The van der Waals surface area contributed by atoms with Crippen LogP contribution < -0.4 is 25.6 Å². The van der Waals surface area contributed by atoms with Crippen molar-refractivity contribution in [2.45, 2.75) is 57.6 Å². The highest BCUT2D eigenvalue weighted by Crippen LogP contribution is 2.48. The van der Waals surface area contributed by atoms with Crippen LogP contribution in [0.1, 0.15) is 45.6 Å². The van der Waals surface area contributed by atoms with E-state index >= 15 is 0 Å². The minimum absolute atomic E-state index is 0.0115. The van der Waals surface area contributed by atoms with Crippen LogP contribution in [0.3, 0.4) is 0 Å². The van der Waals surface area contributed by atoms with Crippen molar-refractivity contribution >= 4 is 17.6 Å². The number of nitro groups is 1. The first kappa shape index (κ1) is 30.3. The van der Waals surface area contributed by atoms with E-state index in [1.165, 1.54) is 38.1 Å². The molecule has 0 fully saturated rings. The van der Waals surface area contributed by atoms with E-state index in [9.17, 15) is 35.0 Å². The zero-order valence-electron chi connectivity index (χ0n) is 22.6. The van der Waals surface area contributed by atoms with E-state index in [-0.39, 0.29) is 53.4 Å². The number of nitrogens with one attached hydrogen (secondary N) is 2. The second-order valence-corrected chi connectivity index (χ2v) is 9.79. The molecule has 11 nitrogen and oxygen atoms in total. The number of aliphatic hydroxyl groups excluding tert-OH is 1. The largest absolute Gasteiger partial charge is 0.545 e. The molecular formula is C29H33N3O8-2. The van der Waals surface area contributed by atoms with E-state index < -0.39 is 34.4 Å². The molecule has 0 saturated heterocycles. The molecule has 0 spiro atoms. The number of carboxylic acid groups (broad SMARTS) is 2. The maximum Gasteiger partial charge on any atom is 0.269 e. The normalized spacial score (nSPS) is 16.2. The summed E-state index contributed by atoms with van der Waals surface area (Å²) >= 11 is 0. The maximum absolute atomic E-state index is 12.6. The first-order chi connectivity index (χ1) is 19.0. The lowest BCUT2D eigenvalue weighted by molar-refractivity contribution is -0.385. The van der Waals surface area contributed by atoms with Gasteiger partial charge in [0.1, 0.15) is 18.5 Å². The predicted molar refractivity (Wildman–Crippen MR) is 143 cm³/mol. The molecule has 0 radical (unpaired) electrons. The van der Waals surface area contributed by atoms with Crippen molar-refractivity contribution in [2.24, 2.45) is 0 Å². The molecule has 3 rings (SSSR count). The Morgan fingerprint density at radius 2 is 1.68 bits per heavy atom. The molecule has 0 amide bonds. The molecule has 1 heterocycles. The van der Waals surface area contributed by atoms with Crippen LogP contribution in [0, 0.1) is 10.1 Å². The van der Waals surface area contributed by atoms with Gasteiger partial charge in [-0.1, -0.05) is 43.7 Å². The number of non-ortho nitro benzene ring substituents is 1. The van der Waals surface area contributed by atoms with Gasteiger partial charge in [0.25, 0.3) is 5.69 Å². The highest BCUT2D eigenvalue weighted by atomic mass is 16.6. The van der Waals surface area contributed by atoms with Crippen LogP contribution in [-0.2, 0) is 15.0 Å². The fourth-order valence-corrected chi connectivity index (χ4v) is 5.39. The summed E-state index contributed by atoms with van der Waals surface area (Å²) in [7, 11) is 0. The van der Waals surface area contributed by atoms with E-state index in [0.717, 1.165) is 0 Å². The third kappa shape index (κ3) is 6.67. The number of para-hydroxylation sites is 1. The van der Waals surface area contributed by atoms with Crippen LogP contribution in [0.2, 0.25) is 0 Å². The molecule has 1 aliphatic rings. The number of ether oxygens (including phenoxy) is 1. The second kappa shape index (κ2) is 13.2. The predicted octanol–water partition coefficient (Wildman–Crippen LogP) is 1.07. The number of allylic oxidation sites excluding steroid dienone is 2. The van der Waals surface area contributed by atoms with Crippen molar-refractivity contribution in [3.8, 4) is 5.75 Å². The summed E-state index contributed by atoms with van der Waals surface area (Å²) in [4.78, 5) is 36.2. The van der Waals surface area contributed by atoms with Crippen LogP contribution in [0.5, 0.6) is 5.75 Å². The number of carboxylic acids is 2. The lowest BCUT2D eigenvalue weighted by Crippen LogP contribution is -2.53. The van der Waals surface area contributed by atoms with Gasteiger partial charge in [-0.05, 0) is 44.4 Å². The molecule has 2 atom stereocenters. The van der Waals surface area contributed by atoms with Crippen molar-refractivity contribution in [2.75, 3.05) is 13.2 Å². The summed E-state index contributed by atoms with van der Waals surface area (Å²) in [6.45, 7) is 4.93. The van der Waals surface area contributed by atoms with Gasteiger partial charge >= 0.3 is 0 Å². The first-order valence-electron chi connectivity index (χ1n) is 13.0. The van der Waals surface area contributed by atoms with Gasteiger partial charge in [0, 0.05) is 47.3 Å². The third-order valence-corrected chi connectivity index (χ3v) is 6.95. The number of carbonyl (C=O) groups is 2. The standard InChI is InChI=1S/C29H35N3O8/c1-4-9-21(30-16-23(33)17-40-24-12-6-5-7-13-24)15-29(20-10-8-11-22(14-20)32(38)39)25(27(34)35)18(2)31-19(3)26(29)28(36)37/h5-8,10-14,21,23,30-31,33H,4,9,15-17H2,1-3H3,(H,34,35)(H,36,37)/p-2. The molecule has 0 bridgehead atoms. The van der Waals surface area contributed by atoms with Gasteiger partial charge in [-0.15, -0.1) is 0 Å². The van der Waals surface area contributed by atoms with E-state index in [1.54, 1.807) is 24.3 Å².